The zero-order chi connectivity index (χ0) is 9.19. The molecule has 0 aromatic rings. The summed E-state index contributed by atoms with van der Waals surface area (Å²) in [5.41, 5.74) is 0. The molecule has 0 aliphatic carbocycles. The Morgan fingerprint density at radius 2 is 2.17 bits per heavy atom. The third-order valence-corrected chi connectivity index (χ3v) is 1.31. The Hall–Kier alpha value is -0.810. The molecule has 0 aromatic heterocycles. The maximum absolute atomic E-state index is 11.9. The normalized spacial score (nSPS) is 23.7. The first kappa shape index (κ1) is 9.28. The van der Waals surface area contributed by atoms with Gasteiger partial charge < -0.3 is 4.90 Å². The lowest BCUT2D eigenvalue weighted by molar-refractivity contribution is -0.140. The van der Waals surface area contributed by atoms with Crippen LogP contribution in [-0.4, -0.2) is 36.7 Å². The van der Waals surface area contributed by atoms with Crippen molar-refractivity contribution in [2.75, 3.05) is 13.2 Å². The van der Waals surface area contributed by atoms with Gasteiger partial charge in [0.2, 0.25) is 0 Å². The highest BCUT2D eigenvalue weighted by molar-refractivity contribution is 5.59. The molecule has 0 spiro atoms. The van der Waals surface area contributed by atoms with E-state index in [0.717, 1.165) is 11.4 Å². The Labute approximate surface area is 66.9 Å². The van der Waals surface area contributed by atoms with E-state index in [-0.39, 0.29) is 6.54 Å². The van der Waals surface area contributed by atoms with Gasteiger partial charge in [0.1, 0.15) is 6.67 Å². The lowest BCUT2D eigenvalue weighted by atomic mass is 10.3. The van der Waals surface area contributed by atoms with Crippen molar-refractivity contribution in [2.45, 2.75) is 12.2 Å². The monoisotopic (exact) mass is 182 g/mol. The number of hydrogen-bond donors (Lipinski definition) is 0. The van der Waals surface area contributed by atoms with Gasteiger partial charge in [-0.25, -0.2) is 9.38 Å². The van der Waals surface area contributed by atoms with Crippen molar-refractivity contribution in [3.8, 4) is 0 Å². The molecule has 0 saturated heterocycles. The third-order valence-electron chi connectivity index (χ3n) is 1.31. The Morgan fingerprint density at radius 3 is 2.58 bits per heavy atom. The lowest BCUT2D eigenvalue weighted by Crippen LogP contribution is -2.29. The molecule has 2 nitrogen and oxygen atoms in total. The summed E-state index contributed by atoms with van der Waals surface area (Å²) in [4.78, 5) is 4.01. The molecule has 1 rings (SSSR count). The highest BCUT2D eigenvalue weighted by Crippen LogP contribution is 2.27. The first-order valence-electron chi connectivity index (χ1n) is 3.24. The smallest absolute Gasteiger partial charge is 0.344 e. The van der Waals surface area contributed by atoms with E-state index in [4.69, 9.17) is 0 Å². The molecule has 12 heavy (non-hydrogen) atoms. The first-order valence-corrected chi connectivity index (χ1v) is 3.24. The number of hydrogen-bond acceptors (Lipinski definition) is 2. The molecule has 0 fully saturated rings. The van der Waals surface area contributed by atoms with Crippen LogP contribution in [0.4, 0.5) is 17.6 Å². The molecule has 1 unspecified atom stereocenters. The van der Waals surface area contributed by atoms with Crippen LogP contribution in [0.2, 0.25) is 0 Å². The predicted molar refractivity (Wildman–Crippen MR) is 34.3 cm³/mol. The van der Waals surface area contributed by atoms with Gasteiger partial charge in [-0.2, -0.15) is 13.2 Å². The van der Waals surface area contributed by atoms with E-state index in [9.17, 15) is 17.6 Å². The molecular formula is C6H6F4N2. The van der Waals surface area contributed by atoms with Gasteiger partial charge in [-0.3, -0.25) is 0 Å². The molecule has 0 bridgehead atoms. The highest BCUT2D eigenvalue weighted by Gasteiger charge is 2.43. The zero-order valence-electron chi connectivity index (χ0n) is 5.98. The van der Waals surface area contributed by atoms with Crippen LogP contribution in [0, 0.1) is 6.54 Å². The highest BCUT2D eigenvalue weighted by atomic mass is 19.4. The molecule has 0 aromatic carbocycles. The summed E-state index contributed by atoms with van der Waals surface area (Å²) in [6.45, 7) is -0.0424. The predicted octanol–water partition coefficient (Wildman–Crippen LogP) is 1.27. The molecule has 68 valence electrons. The quantitative estimate of drug-likeness (QED) is 0.587. The molecular weight excluding hydrogens is 176 g/mol. The van der Waals surface area contributed by atoms with Crippen LogP contribution >= 0.6 is 0 Å². The average Bonchev–Trinajstić information content (AvgIpc) is 2.35. The van der Waals surface area contributed by atoms with Crippen LogP contribution in [0.25, 0.3) is 0 Å². The number of rotatable bonds is 2. The Morgan fingerprint density at radius 1 is 1.50 bits per heavy atom. The van der Waals surface area contributed by atoms with Gasteiger partial charge in [-0.1, -0.05) is 0 Å². The van der Waals surface area contributed by atoms with E-state index >= 15 is 0 Å². The Balaban J connectivity index is 2.42. The van der Waals surface area contributed by atoms with Crippen molar-refractivity contribution >= 4 is 6.34 Å². The average molecular weight is 182 g/mol. The summed E-state index contributed by atoms with van der Waals surface area (Å²) >= 11 is 0. The third kappa shape index (κ3) is 2.09. The van der Waals surface area contributed by atoms with Crippen LogP contribution in [-0.2, 0) is 0 Å². The second-order valence-corrected chi connectivity index (χ2v) is 2.25. The minimum atomic E-state index is -4.39. The van der Waals surface area contributed by atoms with E-state index in [1.165, 1.54) is 0 Å². The SMILES string of the molecule is FCCN1[C]=NC(C(F)(F)F)[CH]1. The summed E-state index contributed by atoms with van der Waals surface area (Å²) in [7, 11) is 0. The summed E-state index contributed by atoms with van der Waals surface area (Å²) in [6.07, 6.45) is -2.33. The molecule has 1 atom stereocenters. The summed E-state index contributed by atoms with van der Waals surface area (Å²) < 4.78 is 47.3. The van der Waals surface area contributed by atoms with Gasteiger partial charge in [0.05, 0.1) is 6.54 Å². The molecule has 0 saturated carbocycles. The number of halogens is 4. The van der Waals surface area contributed by atoms with E-state index in [1.807, 2.05) is 0 Å². The largest absolute Gasteiger partial charge is 0.412 e. The molecule has 0 N–H and O–H groups in total. The van der Waals surface area contributed by atoms with Crippen molar-refractivity contribution in [3.63, 3.8) is 0 Å². The van der Waals surface area contributed by atoms with Crippen LogP contribution < -0.4 is 0 Å². The summed E-state index contributed by atoms with van der Waals surface area (Å²) in [5, 5.41) is 0. The molecule has 6 heteroatoms. The van der Waals surface area contributed by atoms with Crippen molar-refractivity contribution in [1.82, 2.24) is 4.90 Å². The van der Waals surface area contributed by atoms with Crippen molar-refractivity contribution in [2.24, 2.45) is 4.99 Å². The second-order valence-electron chi connectivity index (χ2n) is 2.25. The fourth-order valence-electron chi connectivity index (χ4n) is 0.747. The standard InChI is InChI=1S/C6H6F4N2/c7-1-2-12-3-5(11-4-12)6(8,9)10/h3,5H,1-2H2. The van der Waals surface area contributed by atoms with Crippen LogP contribution in [0.1, 0.15) is 0 Å². The van der Waals surface area contributed by atoms with Crippen molar-refractivity contribution in [3.05, 3.63) is 6.54 Å². The Kier molecular flexibility index (Phi) is 2.54. The van der Waals surface area contributed by atoms with Crippen molar-refractivity contribution in [1.29, 1.82) is 0 Å². The van der Waals surface area contributed by atoms with Gasteiger partial charge in [-0.05, 0) is 0 Å². The first-order chi connectivity index (χ1) is 5.54. The zero-order valence-corrected chi connectivity index (χ0v) is 5.98. The maximum Gasteiger partial charge on any atom is 0.412 e. The molecule has 1 aliphatic heterocycles. The number of aliphatic imine (C=N–C) groups is 1. The van der Waals surface area contributed by atoms with Gasteiger partial charge in [0, 0.05) is 6.54 Å². The fourth-order valence-corrected chi connectivity index (χ4v) is 0.747. The fraction of sp³-hybridized carbons (Fsp3) is 0.667. The molecule has 2 radical (unpaired) electrons. The van der Waals surface area contributed by atoms with E-state index < -0.39 is 18.9 Å². The van der Waals surface area contributed by atoms with E-state index in [1.54, 1.807) is 0 Å². The molecule has 0 amide bonds. The van der Waals surface area contributed by atoms with Crippen LogP contribution in [0.5, 0.6) is 0 Å². The maximum atomic E-state index is 11.9. The van der Waals surface area contributed by atoms with Crippen LogP contribution in [0.15, 0.2) is 4.99 Å². The topological polar surface area (TPSA) is 15.6 Å². The molecule has 1 aliphatic rings. The van der Waals surface area contributed by atoms with E-state index in [2.05, 4.69) is 11.3 Å². The van der Waals surface area contributed by atoms with Gasteiger partial charge in [-0.15, -0.1) is 0 Å². The van der Waals surface area contributed by atoms with Crippen molar-refractivity contribution < 1.29 is 17.6 Å². The lowest BCUT2D eigenvalue weighted by Gasteiger charge is -2.14. The van der Waals surface area contributed by atoms with Gasteiger partial charge >= 0.3 is 6.18 Å². The van der Waals surface area contributed by atoms with Crippen LogP contribution in [0.3, 0.4) is 0 Å². The summed E-state index contributed by atoms with van der Waals surface area (Å²) in [5.74, 6) is 0. The summed E-state index contributed by atoms with van der Waals surface area (Å²) in [6, 6.07) is -1.86. The second kappa shape index (κ2) is 3.28. The Bertz CT molecular complexity index is 177. The van der Waals surface area contributed by atoms with E-state index in [0.29, 0.717) is 0 Å². The van der Waals surface area contributed by atoms with Gasteiger partial charge in [0.15, 0.2) is 12.4 Å². The minimum absolute atomic E-state index is 0.129. The number of alkyl halides is 4. The minimum Gasteiger partial charge on any atom is -0.344 e. The van der Waals surface area contributed by atoms with Gasteiger partial charge in [0.25, 0.3) is 0 Å². The number of nitrogens with zero attached hydrogens (tertiary/aromatic N) is 2. The molecule has 1 heterocycles.